The normalized spacial score (nSPS) is 11.0. The molecule has 0 bridgehead atoms. The molecule has 0 saturated heterocycles. The Labute approximate surface area is 124 Å². The van der Waals surface area contributed by atoms with Gasteiger partial charge in [-0.05, 0) is 32.5 Å². The molecule has 0 spiro atoms. The fraction of sp³-hybridized carbons (Fsp3) is 0.273. The molecule has 0 radical (unpaired) electrons. The van der Waals surface area contributed by atoms with Crippen LogP contribution in [-0.2, 0) is 0 Å². The lowest BCUT2D eigenvalue weighted by Crippen LogP contribution is -2.08. The maximum Gasteiger partial charge on any atom is 0.257 e. The second kappa shape index (κ2) is 5.13. The first-order valence-corrected chi connectivity index (χ1v) is 6.85. The van der Waals surface area contributed by atoms with Crippen molar-refractivity contribution in [3.8, 4) is 5.95 Å². The van der Waals surface area contributed by atoms with E-state index < -0.39 is 0 Å². The van der Waals surface area contributed by atoms with Gasteiger partial charge in [-0.3, -0.25) is 0 Å². The van der Waals surface area contributed by atoms with Crippen LogP contribution < -0.4 is 5.73 Å². The number of hydrogen-bond acceptors (Lipinski definition) is 9. The van der Waals surface area contributed by atoms with E-state index in [2.05, 4.69) is 30.2 Å². The van der Waals surface area contributed by atoms with Crippen LogP contribution in [0.15, 0.2) is 20.9 Å². The van der Waals surface area contributed by atoms with Crippen LogP contribution in [-0.4, -0.2) is 34.9 Å². The van der Waals surface area contributed by atoms with E-state index in [1.807, 2.05) is 13.8 Å². The molecular formula is C11H12N8OS. The van der Waals surface area contributed by atoms with E-state index in [1.54, 1.807) is 6.92 Å². The monoisotopic (exact) mass is 304 g/mol. The van der Waals surface area contributed by atoms with Gasteiger partial charge in [0, 0.05) is 0 Å². The second-order valence-electron chi connectivity index (χ2n) is 4.27. The van der Waals surface area contributed by atoms with Gasteiger partial charge < -0.3 is 10.3 Å². The van der Waals surface area contributed by atoms with E-state index in [4.69, 9.17) is 10.3 Å². The van der Waals surface area contributed by atoms with E-state index in [-0.39, 0.29) is 5.95 Å². The molecule has 3 aromatic heterocycles. The van der Waals surface area contributed by atoms with Crippen molar-refractivity contribution >= 4 is 17.7 Å². The zero-order valence-electron chi connectivity index (χ0n) is 11.6. The molecule has 0 saturated carbocycles. The quantitative estimate of drug-likeness (QED) is 0.757. The minimum absolute atomic E-state index is 0.146. The first-order chi connectivity index (χ1) is 10.0. The van der Waals surface area contributed by atoms with Gasteiger partial charge in [0.25, 0.3) is 5.95 Å². The Morgan fingerprint density at radius 3 is 2.67 bits per heavy atom. The van der Waals surface area contributed by atoms with E-state index in [1.165, 1.54) is 22.8 Å². The molecule has 0 atom stereocenters. The summed E-state index contributed by atoms with van der Waals surface area (Å²) in [5, 5.41) is 8.75. The molecule has 0 aliphatic carbocycles. The Kier molecular flexibility index (Phi) is 3.29. The zero-order valence-corrected chi connectivity index (χ0v) is 12.4. The summed E-state index contributed by atoms with van der Waals surface area (Å²) < 4.78 is 6.56. The summed E-state index contributed by atoms with van der Waals surface area (Å²) in [6.45, 7) is 5.44. The van der Waals surface area contributed by atoms with Gasteiger partial charge in [0.2, 0.25) is 11.1 Å². The van der Waals surface area contributed by atoms with Gasteiger partial charge in [-0.15, -0.1) is 5.10 Å². The number of nitrogens with zero attached hydrogens (tertiary/aromatic N) is 7. The van der Waals surface area contributed by atoms with Crippen LogP contribution in [0.1, 0.15) is 17.3 Å². The lowest BCUT2D eigenvalue weighted by molar-refractivity contribution is 0.391. The number of anilines is 1. The second-order valence-corrected chi connectivity index (χ2v) is 5.25. The van der Waals surface area contributed by atoms with Crippen molar-refractivity contribution in [2.45, 2.75) is 30.8 Å². The predicted octanol–water partition coefficient (Wildman–Crippen LogP) is 1.10. The average molecular weight is 304 g/mol. The molecule has 3 rings (SSSR count). The molecule has 108 valence electrons. The topological polar surface area (TPSA) is 121 Å². The fourth-order valence-corrected chi connectivity index (χ4v) is 2.47. The van der Waals surface area contributed by atoms with E-state index >= 15 is 0 Å². The highest BCUT2D eigenvalue weighted by molar-refractivity contribution is 7.99. The number of rotatable bonds is 3. The molecule has 0 unspecified atom stereocenters. The average Bonchev–Trinajstić information content (AvgIpc) is 3.00. The Balaban J connectivity index is 1.90. The standard InChI is InChI=1S/C11H12N8OS/c1-5-8(6(2)20-18-5)21-11-13-4-19(17-11)10-15-7(3)14-9(12)16-10/h4H,1-3H3,(H2,12,14,15,16). The summed E-state index contributed by atoms with van der Waals surface area (Å²) in [6.07, 6.45) is 1.52. The van der Waals surface area contributed by atoms with Crippen molar-refractivity contribution < 1.29 is 4.52 Å². The molecule has 0 aromatic carbocycles. The van der Waals surface area contributed by atoms with Crippen molar-refractivity contribution in [2.75, 3.05) is 5.73 Å². The molecule has 10 heteroatoms. The molecule has 2 N–H and O–H groups in total. The molecule has 0 aliphatic heterocycles. The summed E-state index contributed by atoms with van der Waals surface area (Å²) in [5.74, 6) is 1.73. The maximum atomic E-state index is 5.60. The third-order valence-electron chi connectivity index (χ3n) is 2.59. The lowest BCUT2D eigenvalue weighted by Gasteiger charge is -2.00. The van der Waals surface area contributed by atoms with Gasteiger partial charge in [0.1, 0.15) is 17.9 Å². The molecule has 0 aliphatic rings. The van der Waals surface area contributed by atoms with Crippen LogP contribution in [0.5, 0.6) is 0 Å². The number of hydrogen-bond donors (Lipinski definition) is 1. The minimum Gasteiger partial charge on any atom is -0.368 e. The van der Waals surface area contributed by atoms with E-state index in [0.717, 1.165) is 16.3 Å². The van der Waals surface area contributed by atoms with Crippen molar-refractivity contribution in [1.82, 2.24) is 34.9 Å². The van der Waals surface area contributed by atoms with Crippen molar-refractivity contribution in [1.29, 1.82) is 0 Å². The largest absolute Gasteiger partial charge is 0.368 e. The van der Waals surface area contributed by atoms with Crippen molar-refractivity contribution in [3.05, 3.63) is 23.6 Å². The molecule has 9 nitrogen and oxygen atoms in total. The van der Waals surface area contributed by atoms with Crippen LogP contribution in [0.25, 0.3) is 5.95 Å². The van der Waals surface area contributed by atoms with Gasteiger partial charge in [-0.2, -0.15) is 19.6 Å². The van der Waals surface area contributed by atoms with Crippen LogP contribution in [0.4, 0.5) is 5.95 Å². The molecule has 0 fully saturated rings. The van der Waals surface area contributed by atoms with Crippen LogP contribution in [0.2, 0.25) is 0 Å². The number of nitrogens with two attached hydrogens (primary N) is 1. The van der Waals surface area contributed by atoms with Gasteiger partial charge in [-0.25, -0.2) is 4.98 Å². The van der Waals surface area contributed by atoms with Crippen LogP contribution >= 0.6 is 11.8 Å². The Morgan fingerprint density at radius 2 is 2.00 bits per heavy atom. The summed E-state index contributed by atoms with van der Waals surface area (Å²) in [6, 6.07) is 0. The highest BCUT2D eigenvalue weighted by Crippen LogP contribution is 2.30. The highest BCUT2D eigenvalue weighted by Gasteiger charge is 2.14. The fourth-order valence-electron chi connectivity index (χ4n) is 1.69. The van der Waals surface area contributed by atoms with Gasteiger partial charge in [-0.1, -0.05) is 5.16 Å². The molecule has 21 heavy (non-hydrogen) atoms. The van der Waals surface area contributed by atoms with Crippen molar-refractivity contribution in [2.24, 2.45) is 0 Å². The first kappa shape index (κ1) is 13.5. The minimum atomic E-state index is 0.146. The van der Waals surface area contributed by atoms with Crippen LogP contribution in [0.3, 0.4) is 0 Å². The molecular weight excluding hydrogens is 292 g/mol. The Morgan fingerprint density at radius 1 is 1.19 bits per heavy atom. The number of aromatic nitrogens is 7. The number of aryl methyl sites for hydroxylation is 3. The Hall–Kier alpha value is -2.49. The van der Waals surface area contributed by atoms with Crippen LogP contribution in [0, 0.1) is 20.8 Å². The maximum absolute atomic E-state index is 5.60. The summed E-state index contributed by atoms with van der Waals surface area (Å²) >= 11 is 1.37. The smallest absolute Gasteiger partial charge is 0.257 e. The molecule has 3 aromatic rings. The van der Waals surface area contributed by atoms with E-state index in [9.17, 15) is 0 Å². The van der Waals surface area contributed by atoms with Gasteiger partial charge in [0.05, 0.1) is 10.6 Å². The Bertz CT molecular complexity index is 756. The third kappa shape index (κ3) is 2.70. The molecule has 0 amide bonds. The molecule has 3 heterocycles. The first-order valence-electron chi connectivity index (χ1n) is 6.04. The summed E-state index contributed by atoms with van der Waals surface area (Å²) in [5.41, 5.74) is 6.40. The summed E-state index contributed by atoms with van der Waals surface area (Å²) in [7, 11) is 0. The predicted molar refractivity (Wildman–Crippen MR) is 74.0 cm³/mol. The van der Waals surface area contributed by atoms with Crippen molar-refractivity contribution in [3.63, 3.8) is 0 Å². The SMILES string of the molecule is Cc1nc(N)nc(-n2cnc(Sc3c(C)noc3C)n2)n1. The summed E-state index contributed by atoms with van der Waals surface area (Å²) in [4.78, 5) is 17.2. The lowest BCUT2D eigenvalue weighted by atomic mass is 10.4. The van der Waals surface area contributed by atoms with Gasteiger partial charge >= 0.3 is 0 Å². The number of nitrogen functional groups attached to an aromatic ring is 1. The zero-order chi connectivity index (χ0) is 15.0. The van der Waals surface area contributed by atoms with E-state index in [0.29, 0.717) is 16.9 Å². The third-order valence-corrected chi connectivity index (χ3v) is 3.75. The highest BCUT2D eigenvalue weighted by atomic mass is 32.2. The van der Waals surface area contributed by atoms with Gasteiger partial charge in [0.15, 0.2) is 0 Å².